The lowest BCUT2D eigenvalue weighted by atomic mass is 10.1. The summed E-state index contributed by atoms with van der Waals surface area (Å²) in [6, 6.07) is 4.05. The Kier molecular flexibility index (Phi) is 4.62. The lowest BCUT2D eigenvalue weighted by Gasteiger charge is -2.03. The average molecular weight is 228 g/mol. The number of carboxylic acid groups (broad SMARTS) is 1. The number of rotatable bonds is 5. The zero-order valence-corrected chi connectivity index (χ0v) is 9.31. The van der Waals surface area contributed by atoms with E-state index in [0.29, 0.717) is 11.3 Å². The Morgan fingerprint density at radius 2 is 2.27 bits per heavy atom. The van der Waals surface area contributed by atoms with Crippen LogP contribution < -0.4 is 0 Å². The van der Waals surface area contributed by atoms with Gasteiger partial charge in [0.1, 0.15) is 5.82 Å². The first kappa shape index (κ1) is 12.0. The van der Waals surface area contributed by atoms with Gasteiger partial charge in [0, 0.05) is 5.75 Å². The number of hydrogen-bond donors (Lipinski definition) is 1. The van der Waals surface area contributed by atoms with Crippen LogP contribution in [0.3, 0.4) is 0 Å². The third-order valence-electron chi connectivity index (χ3n) is 1.91. The number of halogens is 1. The van der Waals surface area contributed by atoms with Gasteiger partial charge in [-0.15, -0.1) is 0 Å². The van der Waals surface area contributed by atoms with E-state index in [1.165, 1.54) is 6.07 Å². The Labute approximate surface area is 92.5 Å². The third-order valence-corrected chi connectivity index (χ3v) is 3.12. The standard InChI is InChI=1S/C11H13FO2S/c1-2-5-15-7-9-4-3-8(11(13)14)6-10(9)12/h3-4,6H,2,5,7H2,1H3,(H,13,14). The zero-order valence-electron chi connectivity index (χ0n) is 8.50. The highest BCUT2D eigenvalue weighted by Crippen LogP contribution is 2.17. The lowest BCUT2D eigenvalue weighted by Crippen LogP contribution is -1.98. The maximum Gasteiger partial charge on any atom is 0.335 e. The van der Waals surface area contributed by atoms with E-state index in [9.17, 15) is 9.18 Å². The van der Waals surface area contributed by atoms with Crippen LogP contribution in [0.2, 0.25) is 0 Å². The second kappa shape index (κ2) is 5.75. The van der Waals surface area contributed by atoms with E-state index < -0.39 is 11.8 Å². The van der Waals surface area contributed by atoms with Crippen molar-refractivity contribution in [2.75, 3.05) is 5.75 Å². The van der Waals surface area contributed by atoms with Gasteiger partial charge in [-0.25, -0.2) is 9.18 Å². The molecule has 0 aromatic heterocycles. The molecule has 82 valence electrons. The molecule has 0 saturated carbocycles. The molecule has 0 bridgehead atoms. The Morgan fingerprint density at radius 1 is 1.53 bits per heavy atom. The van der Waals surface area contributed by atoms with Crippen LogP contribution in [0.15, 0.2) is 18.2 Å². The molecule has 0 amide bonds. The van der Waals surface area contributed by atoms with Crippen molar-refractivity contribution in [2.45, 2.75) is 19.1 Å². The van der Waals surface area contributed by atoms with Crippen LogP contribution in [0, 0.1) is 5.82 Å². The maximum absolute atomic E-state index is 13.4. The van der Waals surface area contributed by atoms with Crippen LogP contribution in [0.25, 0.3) is 0 Å². The predicted molar refractivity (Wildman–Crippen MR) is 59.8 cm³/mol. The van der Waals surface area contributed by atoms with E-state index in [0.717, 1.165) is 18.2 Å². The summed E-state index contributed by atoms with van der Waals surface area (Å²) >= 11 is 1.65. The minimum absolute atomic E-state index is 0.00302. The van der Waals surface area contributed by atoms with Crippen molar-refractivity contribution >= 4 is 17.7 Å². The van der Waals surface area contributed by atoms with Gasteiger partial charge in [0.2, 0.25) is 0 Å². The van der Waals surface area contributed by atoms with Crippen LogP contribution >= 0.6 is 11.8 Å². The Morgan fingerprint density at radius 3 is 2.80 bits per heavy atom. The molecule has 15 heavy (non-hydrogen) atoms. The predicted octanol–water partition coefficient (Wildman–Crippen LogP) is 3.17. The van der Waals surface area contributed by atoms with Crippen LogP contribution in [0.1, 0.15) is 29.3 Å². The quantitative estimate of drug-likeness (QED) is 0.786. The van der Waals surface area contributed by atoms with Gasteiger partial charge in [0.05, 0.1) is 5.56 Å². The van der Waals surface area contributed by atoms with Gasteiger partial charge in [-0.05, 0) is 29.9 Å². The van der Waals surface area contributed by atoms with Crippen LogP contribution in [-0.2, 0) is 5.75 Å². The topological polar surface area (TPSA) is 37.3 Å². The summed E-state index contributed by atoms with van der Waals surface area (Å²) in [4.78, 5) is 10.6. The van der Waals surface area contributed by atoms with Crippen molar-refractivity contribution in [3.63, 3.8) is 0 Å². The lowest BCUT2D eigenvalue weighted by molar-refractivity contribution is 0.0696. The summed E-state index contributed by atoms with van der Waals surface area (Å²) in [5.74, 6) is 0.0554. The smallest absolute Gasteiger partial charge is 0.335 e. The van der Waals surface area contributed by atoms with Crippen molar-refractivity contribution in [1.82, 2.24) is 0 Å². The fraction of sp³-hybridized carbons (Fsp3) is 0.364. The van der Waals surface area contributed by atoms with Gasteiger partial charge in [0.15, 0.2) is 0 Å². The Bertz CT molecular complexity index is 352. The van der Waals surface area contributed by atoms with Crippen molar-refractivity contribution < 1.29 is 14.3 Å². The van der Waals surface area contributed by atoms with Gasteiger partial charge >= 0.3 is 5.97 Å². The van der Waals surface area contributed by atoms with E-state index in [1.807, 2.05) is 0 Å². The van der Waals surface area contributed by atoms with Gasteiger partial charge in [-0.3, -0.25) is 0 Å². The number of hydrogen-bond acceptors (Lipinski definition) is 2. The summed E-state index contributed by atoms with van der Waals surface area (Å²) in [5, 5.41) is 8.64. The Balaban J connectivity index is 2.70. The minimum Gasteiger partial charge on any atom is -0.478 e. The zero-order chi connectivity index (χ0) is 11.3. The molecule has 0 heterocycles. The maximum atomic E-state index is 13.4. The molecule has 2 nitrogen and oxygen atoms in total. The van der Waals surface area contributed by atoms with E-state index in [-0.39, 0.29) is 5.56 Å². The number of carbonyl (C=O) groups is 1. The Hall–Kier alpha value is -1.03. The van der Waals surface area contributed by atoms with Gasteiger partial charge in [0.25, 0.3) is 0 Å². The van der Waals surface area contributed by atoms with E-state index >= 15 is 0 Å². The highest BCUT2D eigenvalue weighted by Gasteiger charge is 2.07. The monoisotopic (exact) mass is 228 g/mol. The van der Waals surface area contributed by atoms with Crippen molar-refractivity contribution in [3.05, 3.63) is 35.1 Å². The summed E-state index contributed by atoms with van der Waals surface area (Å²) < 4.78 is 13.4. The number of benzene rings is 1. The van der Waals surface area contributed by atoms with Crippen molar-refractivity contribution in [2.24, 2.45) is 0 Å². The van der Waals surface area contributed by atoms with Gasteiger partial charge in [-0.2, -0.15) is 11.8 Å². The van der Waals surface area contributed by atoms with Crippen LogP contribution in [0.5, 0.6) is 0 Å². The normalized spacial score (nSPS) is 10.3. The fourth-order valence-corrected chi connectivity index (χ4v) is 2.01. The second-order valence-electron chi connectivity index (χ2n) is 3.16. The summed E-state index contributed by atoms with van der Waals surface area (Å²) in [6.07, 6.45) is 1.06. The summed E-state index contributed by atoms with van der Waals surface area (Å²) in [6.45, 7) is 2.07. The molecular formula is C11H13FO2S. The molecule has 1 rings (SSSR count). The van der Waals surface area contributed by atoms with Gasteiger partial charge < -0.3 is 5.11 Å². The SMILES string of the molecule is CCCSCc1ccc(C(=O)O)cc1F. The van der Waals surface area contributed by atoms with E-state index in [1.54, 1.807) is 17.8 Å². The second-order valence-corrected chi connectivity index (χ2v) is 4.27. The van der Waals surface area contributed by atoms with Crippen LogP contribution in [0.4, 0.5) is 4.39 Å². The number of aromatic carboxylic acids is 1. The van der Waals surface area contributed by atoms with Crippen molar-refractivity contribution in [1.29, 1.82) is 0 Å². The molecule has 0 aliphatic carbocycles. The fourth-order valence-electron chi connectivity index (χ4n) is 1.12. The molecule has 0 fully saturated rings. The summed E-state index contributed by atoms with van der Waals surface area (Å²) in [5.41, 5.74) is 0.565. The van der Waals surface area contributed by atoms with E-state index in [2.05, 4.69) is 6.92 Å². The molecule has 1 aromatic rings. The number of carboxylic acids is 1. The first-order valence-corrected chi connectivity index (χ1v) is 5.90. The molecule has 0 spiro atoms. The van der Waals surface area contributed by atoms with Gasteiger partial charge in [-0.1, -0.05) is 13.0 Å². The first-order chi connectivity index (χ1) is 7.15. The van der Waals surface area contributed by atoms with E-state index in [4.69, 9.17) is 5.11 Å². The molecule has 1 N–H and O–H groups in total. The highest BCUT2D eigenvalue weighted by molar-refractivity contribution is 7.98. The molecule has 0 unspecified atom stereocenters. The van der Waals surface area contributed by atoms with Crippen molar-refractivity contribution in [3.8, 4) is 0 Å². The highest BCUT2D eigenvalue weighted by atomic mass is 32.2. The molecule has 0 radical (unpaired) electrons. The summed E-state index contributed by atoms with van der Waals surface area (Å²) in [7, 11) is 0. The number of thioether (sulfide) groups is 1. The minimum atomic E-state index is -1.10. The molecule has 0 aliphatic heterocycles. The average Bonchev–Trinajstić information content (AvgIpc) is 2.20. The third kappa shape index (κ3) is 3.55. The van der Waals surface area contributed by atoms with Crippen LogP contribution in [-0.4, -0.2) is 16.8 Å². The largest absolute Gasteiger partial charge is 0.478 e. The molecule has 0 atom stereocenters. The first-order valence-electron chi connectivity index (χ1n) is 4.74. The molecule has 4 heteroatoms. The molecule has 0 saturated heterocycles. The molecule has 0 aliphatic rings. The molecular weight excluding hydrogens is 215 g/mol. The molecule has 1 aromatic carbocycles.